The molecule has 104 valence electrons. The van der Waals surface area contributed by atoms with Crippen LogP contribution in [0.25, 0.3) is 0 Å². The molecular weight excluding hydrogens is 236 g/mol. The molecule has 1 aromatic heterocycles. The lowest BCUT2D eigenvalue weighted by molar-refractivity contribution is 0.0772. The van der Waals surface area contributed by atoms with E-state index in [1.807, 2.05) is 30.9 Å². The van der Waals surface area contributed by atoms with Crippen molar-refractivity contribution in [3.63, 3.8) is 0 Å². The van der Waals surface area contributed by atoms with Gasteiger partial charge in [0, 0.05) is 30.9 Å². The van der Waals surface area contributed by atoms with Crippen molar-refractivity contribution in [1.82, 2.24) is 9.88 Å². The Bertz CT molecular complexity index is 403. The van der Waals surface area contributed by atoms with Crippen LogP contribution in [-0.4, -0.2) is 28.9 Å². The lowest BCUT2D eigenvalue weighted by Gasteiger charge is -2.22. The second-order valence-corrected chi connectivity index (χ2v) is 5.28. The monoisotopic (exact) mass is 260 g/mol. The smallest absolute Gasteiger partial charge is 0.255 e. The molecule has 0 spiro atoms. The number of carbonyl (C=O) groups excluding carboxylic acids is 1. The van der Waals surface area contributed by atoms with Gasteiger partial charge in [0.2, 0.25) is 0 Å². The molecule has 1 aromatic rings. The Labute approximate surface area is 116 Å². The second-order valence-electron chi connectivity index (χ2n) is 5.28. The highest BCUT2D eigenvalue weighted by atomic mass is 16.2. The summed E-state index contributed by atoms with van der Waals surface area (Å²) >= 11 is 0. The number of amides is 1. The van der Waals surface area contributed by atoms with Gasteiger partial charge in [-0.15, -0.1) is 0 Å². The average molecular weight is 260 g/mol. The van der Waals surface area contributed by atoms with E-state index >= 15 is 0 Å². The van der Waals surface area contributed by atoms with Crippen LogP contribution in [-0.2, 0) is 0 Å². The molecule has 1 aliphatic rings. The first kappa shape index (κ1) is 14.0. The van der Waals surface area contributed by atoms with E-state index in [0.717, 1.165) is 18.8 Å². The average Bonchev–Trinajstić information content (AvgIpc) is 2.49. The molecule has 0 atom stereocenters. The summed E-state index contributed by atoms with van der Waals surface area (Å²) in [5, 5.41) is 0. The van der Waals surface area contributed by atoms with E-state index in [-0.39, 0.29) is 5.91 Å². The normalized spacial score (nSPS) is 16.3. The number of carbonyl (C=O) groups is 1. The molecule has 0 aliphatic heterocycles. The highest BCUT2D eigenvalue weighted by Gasteiger charge is 2.18. The summed E-state index contributed by atoms with van der Waals surface area (Å²) in [6, 6.07) is 3.99. The summed E-state index contributed by atoms with van der Waals surface area (Å²) in [4.78, 5) is 18.5. The molecule has 1 aliphatic carbocycles. The fourth-order valence-corrected chi connectivity index (χ4v) is 2.87. The number of hydrogen-bond donors (Lipinski definition) is 0. The van der Waals surface area contributed by atoms with Gasteiger partial charge in [-0.3, -0.25) is 9.78 Å². The van der Waals surface area contributed by atoms with E-state index in [1.54, 1.807) is 6.20 Å². The van der Waals surface area contributed by atoms with Crippen molar-refractivity contribution in [2.75, 3.05) is 13.1 Å². The van der Waals surface area contributed by atoms with Crippen molar-refractivity contribution >= 4 is 5.91 Å². The Hall–Kier alpha value is -1.38. The Morgan fingerprint density at radius 1 is 1.21 bits per heavy atom. The van der Waals surface area contributed by atoms with Crippen LogP contribution in [0.4, 0.5) is 0 Å². The summed E-state index contributed by atoms with van der Waals surface area (Å²) in [7, 11) is 0. The SMILES string of the molecule is CCN(CC)C(=O)c1ccc(C2CCCCC2)nc1. The summed E-state index contributed by atoms with van der Waals surface area (Å²) in [5.74, 6) is 0.694. The Balaban J connectivity index is 2.07. The maximum Gasteiger partial charge on any atom is 0.255 e. The second kappa shape index (κ2) is 6.69. The number of hydrogen-bond acceptors (Lipinski definition) is 2. The molecule has 1 amide bonds. The van der Waals surface area contributed by atoms with Crippen LogP contribution < -0.4 is 0 Å². The van der Waals surface area contributed by atoms with Crippen LogP contribution in [0.3, 0.4) is 0 Å². The van der Waals surface area contributed by atoms with Gasteiger partial charge in [-0.25, -0.2) is 0 Å². The van der Waals surface area contributed by atoms with Gasteiger partial charge in [-0.05, 0) is 38.8 Å². The first-order valence-electron chi connectivity index (χ1n) is 7.51. The van der Waals surface area contributed by atoms with Crippen molar-refractivity contribution in [1.29, 1.82) is 0 Å². The summed E-state index contributed by atoms with van der Waals surface area (Å²) in [6.45, 7) is 5.51. The van der Waals surface area contributed by atoms with Crippen molar-refractivity contribution in [3.05, 3.63) is 29.6 Å². The minimum Gasteiger partial charge on any atom is -0.339 e. The minimum atomic E-state index is 0.0905. The predicted octanol–water partition coefficient (Wildman–Crippen LogP) is 3.61. The lowest BCUT2D eigenvalue weighted by atomic mass is 9.86. The summed E-state index contributed by atoms with van der Waals surface area (Å²) < 4.78 is 0. The van der Waals surface area contributed by atoms with E-state index in [1.165, 1.54) is 32.1 Å². The van der Waals surface area contributed by atoms with E-state index in [9.17, 15) is 4.79 Å². The third-order valence-electron chi connectivity index (χ3n) is 4.11. The summed E-state index contributed by atoms with van der Waals surface area (Å²) in [6.07, 6.45) is 8.23. The largest absolute Gasteiger partial charge is 0.339 e. The molecule has 1 heterocycles. The molecule has 0 radical (unpaired) electrons. The molecular formula is C16H24N2O. The molecule has 1 saturated carbocycles. The third kappa shape index (κ3) is 3.34. The van der Waals surface area contributed by atoms with Crippen molar-refractivity contribution in [2.24, 2.45) is 0 Å². The topological polar surface area (TPSA) is 33.2 Å². The fourth-order valence-electron chi connectivity index (χ4n) is 2.87. The minimum absolute atomic E-state index is 0.0905. The third-order valence-corrected chi connectivity index (χ3v) is 4.11. The highest BCUT2D eigenvalue weighted by Crippen LogP contribution is 2.31. The number of pyridine rings is 1. The maximum absolute atomic E-state index is 12.2. The number of nitrogens with zero attached hydrogens (tertiary/aromatic N) is 2. The first-order chi connectivity index (χ1) is 9.26. The van der Waals surface area contributed by atoms with Crippen molar-refractivity contribution < 1.29 is 4.79 Å². The molecule has 0 N–H and O–H groups in total. The van der Waals surface area contributed by atoms with Gasteiger partial charge in [-0.2, -0.15) is 0 Å². The zero-order chi connectivity index (χ0) is 13.7. The summed E-state index contributed by atoms with van der Waals surface area (Å²) in [5.41, 5.74) is 1.87. The number of aromatic nitrogens is 1. The van der Waals surface area contributed by atoms with Gasteiger partial charge in [-0.1, -0.05) is 19.3 Å². The van der Waals surface area contributed by atoms with Gasteiger partial charge in [0.25, 0.3) is 5.91 Å². The molecule has 3 nitrogen and oxygen atoms in total. The molecule has 0 aromatic carbocycles. The molecule has 0 bridgehead atoms. The van der Waals surface area contributed by atoms with Crippen molar-refractivity contribution in [3.8, 4) is 0 Å². The quantitative estimate of drug-likeness (QED) is 0.828. The van der Waals surface area contributed by atoms with Crippen LogP contribution in [0.15, 0.2) is 18.3 Å². The molecule has 19 heavy (non-hydrogen) atoms. The Kier molecular flexibility index (Phi) is 4.94. The first-order valence-corrected chi connectivity index (χ1v) is 7.51. The van der Waals surface area contributed by atoms with Crippen LogP contribution >= 0.6 is 0 Å². The van der Waals surface area contributed by atoms with Gasteiger partial charge in [0.05, 0.1) is 5.56 Å². The Morgan fingerprint density at radius 3 is 2.42 bits per heavy atom. The molecule has 3 heteroatoms. The molecule has 0 unspecified atom stereocenters. The van der Waals surface area contributed by atoms with E-state index in [4.69, 9.17) is 0 Å². The molecule has 0 saturated heterocycles. The van der Waals surface area contributed by atoms with Gasteiger partial charge < -0.3 is 4.90 Å². The predicted molar refractivity (Wildman–Crippen MR) is 77.3 cm³/mol. The molecule has 2 rings (SSSR count). The van der Waals surface area contributed by atoms with Crippen LogP contribution in [0.2, 0.25) is 0 Å². The Morgan fingerprint density at radius 2 is 1.89 bits per heavy atom. The lowest BCUT2D eigenvalue weighted by Crippen LogP contribution is -2.30. The van der Waals surface area contributed by atoms with Crippen LogP contribution in [0.1, 0.15) is 67.9 Å². The number of rotatable bonds is 4. The van der Waals surface area contributed by atoms with E-state index in [0.29, 0.717) is 11.5 Å². The maximum atomic E-state index is 12.2. The fraction of sp³-hybridized carbons (Fsp3) is 0.625. The zero-order valence-corrected chi connectivity index (χ0v) is 12.1. The van der Waals surface area contributed by atoms with Gasteiger partial charge in [0.1, 0.15) is 0 Å². The van der Waals surface area contributed by atoms with Gasteiger partial charge in [0.15, 0.2) is 0 Å². The van der Waals surface area contributed by atoms with Crippen molar-refractivity contribution in [2.45, 2.75) is 51.9 Å². The van der Waals surface area contributed by atoms with E-state index < -0.39 is 0 Å². The highest BCUT2D eigenvalue weighted by molar-refractivity contribution is 5.93. The van der Waals surface area contributed by atoms with Crippen LogP contribution in [0, 0.1) is 0 Å². The zero-order valence-electron chi connectivity index (χ0n) is 12.1. The van der Waals surface area contributed by atoms with Gasteiger partial charge >= 0.3 is 0 Å². The molecule has 1 fully saturated rings. The van der Waals surface area contributed by atoms with Crippen LogP contribution in [0.5, 0.6) is 0 Å². The standard InChI is InChI=1S/C16H24N2O/c1-3-18(4-2)16(19)14-10-11-15(17-12-14)13-8-6-5-7-9-13/h10-13H,3-9H2,1-2H3. The van der Waals surface area contributed by atoms with E-state index in [2.05, 4.69) is 4.98 Å².